The molecule has 0 bridgehead atoms. The number of hydrogen-bond donors (Lipinski definition) is 1. The number of benzene rings is 2. The maximum Gasteiger partial charge on any atom is 0.416 e. The molecule has 5 nitrogen and oxygen atoms in total. The predicted molar refractivity (Wildman–Crippen MR) is 121 cm³/mol. The van der Waals surface area contributed by atoms with Crippen molar-refractivity contribution in [1.82, 2.24) is 0 Å². The van der Waals surface area contributed by atoms with Crippen LogP contribution < -0.4 is 4.74 Å². The first kappa shape index (κ1) is 25.3. The van der Waals surface area contributed by atoms with Gasteiger partial charge < -0.3 is 14.6 Å². The zero-order valence-corrected chi connectivity index (χ0v) is 18.9. The zero-order chi connectivity index (χ0) is 24.7. The molecule has 182 valence electrons. The average molecular weight is 476 g/mol. The highest BCUT2D eigenvalue weighted by Gasteiger charge is 2.30. The van der Waals surface area contributed by atoms with E-state index in [0.29, 0.717) is 49.7 Å². The van der Waals surface area contributed by atoms with E-state index >= 15 is 0 Å². The van der Waals surface area contributed by atoms with Crippen LogP contribution in [0.5, 0.6) is 11.5 Å². The second kappa shape index (κ2) is 11.2. The molecule has 0 spiro atoms. The quantitative estimate of drug-likeness (QED) is 0.514. The van der Waals surface area contributed by atoms with E-state index in [9.17, 15) is 27.9 Å². The van der Waals surface area contributed by atoms with Gasteiger partial charge in [-0.15, -0.1) is 0 Å². The summed E-state index contributed by atoms with van der Waals surface area (Å²) in [6.45, 7) is 1.57. The molecule has 1 aliphatic rings. The minimum Gasteiger partial charge on any atom is -0.507 e. The number of carbonyl (C=O) groups is 2. The first-order chi connectivity index (χ1) is 16.1. The van der Waals surface area contributed by atoms with Crippen LogP contribution in [0.4, 0.5) is 13.2 Å². The van der Waals surface area contributed by atoms with E-state index in [1.165, 1.54) is 24.3 Å². The zero-order valence-electron chi connectivity index (χ0n) is 18.9. The van der Waals surface area contributed by atoms with Crippen LogP contribution in [0.15, 0.2) is 42.5 Å². The lowest BCUT2D eigenvalue weighted by Gasteiger charge is -2.17. The number of carbonyl (C=O) groups excluding carboxylic acids is 2. The lowest BCUT2D eigenvalue weighted by atomic mass is 10.0. The van der Waals surface area contributed by atoms with Crippen LogP contribution in [0.25, 0.3) is 6.08 Å². The number of esters is 1. The van der Waals surface area contributed by atoms with Crippen LogP contribution in [-0.2, 0) is 22.3 Å². The molecule has 8 heteroatoms. The number of ketones is 1. The monoisotopic (exact) mass is 476 g/mol. The van der Waals surface area contributed by atoms with Crippen LogP contribution in [-0.4, -0.2) is 23.0 Å². The van der Waals surface area contributed by atoms with Gasteiger partial charge in [0.05, 0.1) is 11.7 Å². The van der Waals surface area contributed by atoms with Crippen LogP contribution >= 0.6 is 0 Å². The highest BCUT2D eigenvalue weighted by molar-refractivity contribution is 5.97. The molecule has 0 unspecified atom stereocenters. The first-order valence-electron chi connectivity index (χ1n) is 11.2. The minimum absolute atomic E-state index is 0.0114. The molecule has 0 fully saturated rings. The van der Waals surface area contributed by atoms with Gasteiger partial charge in [0.25, 0.3) is 0 Å². The van der Waals surface area contributed by atoms with Crippen LogP contribution in [0.1, 0.15) is 72.5 Å². The topological polar surface area (TPSA) is 72.8 Å². The molecular weight excluding hydrogens is 449 g/mol. The van der Waals surface area contributed by atoms with Gasteiger partial charge in [-0.3, -0.25) is 4.79 Å². The maximum absolute atomic E-state index is 13.0. The third-order valence-electron chi connectivity index (χ3n) is 5.48. The Labute approximate surface area is 196 Å². The highest BCUT2D eigenvalue weighted by atomic mass is 19.4. The van der Waals surface area contributed by atoms with Crippen molar-refractivity contribution in [3.8, 4) is 11.5 Å². The Kier molecular flexibility index (Phi) is 8.36. The summed E-state index contributed by atoms with van der Waals surface area (Å²) in [5.74, 6) is -0.680. The van der Waals surface area contributed by atoms with E-state index in [1.54, 1.807) is 19.1 Å². The summed E-state index contributed by atoms with van der Waals surface area (Å²) in [5, 5.41) is 10.6. The van der Waals surface area contributed by atoms with Crippen molar-refractivity contribution in [2.24, 2.45) is 0 Å². The fraction of sp³-hybridized carbons (Fsp3) is 0.385. The van der Waals surface area contributed by atoms with Gasteiger partial charge in [0.1, 0.15) is 29.5 Å². The number of ether oxygens (including phenoxy) is 2. The van der Waals surface area contributed by atoms with Crippen molar-refractivity contribution in [3.05, 3.63) is 64.7 Å². The van der Waals surface area contributed by atoms with E-state index in [1.807, 2.05) is 0 Å². The minimum atomic E-state index is -4.46. The molecule has 1 aliphatic heterocycles. The summed E-state index contributed by atoms with van der Waals surface area (Å²) >= 11 is 0. The molecule has 3 rings (SSSR count). The number of fused-ring (bicyclic) bond motifs is 1. The second-order valence-electron chi connectivity index (χ2n) is 8.33. The van der Waals surface area contributed by atoms with Gasteiger partial charge in [-0.05, 0) is 61.9 Å². The third-order valence-corrected chi connectivity index (χ3v) is 5.48. The largest absolute Gasteiger partial charge is 0.507 e. The number of aromatic hydroxyl groups is 1. The number of hydrogen-bond acceptors (Lipinski definition) is 5. The van der Waals surface area contributed by atoms with Gasteiger partial charge in [0.2, 0.25) is 0 Å². The molecule has 0 aliphatic carbocycles. The molecule has 0 radical (unpaired) electrons. The van der Waals surface area contributed by atoms with Crippen molar-refractivity contribution in [1.29, 1.82) is 0 Å². The standard InChI is InChI=1S/C26H27F3O5/c1-17-7-5-12-21(30)11-4-2-3-9-19-14-22(15-23(31)24(19)25(32)34-17)33-16-18-8-6-10-20(13-18)26(27,28)29/h3,6,8-10,13-15,17,31H,2,4-5,7,11-12,16H2,1H3/t17-/m1/s1. The van der Waals surface area contributed by atoms with E-state index in [4.69, 9.17) is 9.47 Å². The molecule has 1 atom stereocenters. The van der Waals surface area contributed by atoms with Crippen molar-refractivity contribution < 1.29 is 37.3 Å². The Balaban J connectivity index is 1.84. The number of Topliss-reactive ketones (excluding diaryl/α,β-unsaturated/α-hetero) is 1. The van der Waals surface area contributed by atoms with Crippen LogP contribution in [0.3, 0.4) is 0 Å². The summed E-state index contributed by atoms with van der Waals surface area (Å²) in [5.41, 5.74) is -0.121. The molecular formula is C26H27F3O5. The molecule has 2 aromatic carbocycles. The summed E-state index contributed by atoms with van der Waals surface area (Å²) in [4.78, 5) is 24.7. The molecule has 0 amide bonds. The number of rotatable bonds is 3. The highest BCUT2D eigenvalue weighted by Crippen LogP contribution is 2.32. The number of halogens is 3. The Morgan fingerprint density at radius 3 is 2.65 bits per heavy atom. The summed E-state index contributed by atoms with van der Waals surface area (Å²) in [7, 11) is 0. The number of phenolic OH excluding ortho intramolecular Hbond substituents is 1. The molecule has 0 aromatic heterocycles. The smallest absolute Gasteiger partial charge is 0.416 e. The second-order valence-corrected chi connectivity index (χ2v) is 8.33. The van der Waals surface area contributed by atoms with Crippen molar-refractivity contribution in [3.63, 3.8) is 0 Å². The molecule has 1 heterocycles. The van der Waals surface area contributed by atoms with Crippen molar-refractivity contribution >= 4 is 17.8 Å². The summed E-state index contributed by atoms with van der Waals surface area (Å²) < 4.78 is 49.9. The third kappa shape index (κ3) is 7.10. The Hall–Kier alpha value is -3.29. The SMILES string of the molecule is C[C@@H]1CCCC(=O)CCCC=Cc2cc(OCc3cccc(C(F)(F)F)c3)cc(O)c2C(=O)O1. The molecule has 34 heavy (non-hydrogen) atoms. The fourth-order valence-electron chi connectivity index (χ4n) is 3.70. The number of allylic oxidation sites excluding steroid dienone is 1. The van der Waals surface area contributed by atoms with Gasteiger partial charge in [0.15, 0.2) is 0 Å². The lowest BCUT2D eigenvalue weighted by molar-refractivity contribution is -0.137. The van der Waals surface area contributed by atoms with Gasteiger partial charge in [-0.25, -0.2) is 4.79 Å². The maximum atomic E-state index is 13.0. The van der Waals surface area contributed by atoms with Gasteiger partial charge >= 0.3 is 12.1 Å². The van der Waals surface area contributed by atoms with Crippen molar-refractivity contribution in [2.75, 3.05) is 0 Å². The number of cyclic esters (lactones) is 1. The predicted octanol–water partition coefficient (Wildman–Crippen LogP) is 6.47. The fourth-order valence-corrected chi connectivity index (χ4v) is 3.70. The van der Waals surface area contributed by atoms with Crippen molar-refractivity contribution in [2.45, 2.75) is 64.3 Å². The Morgan fingerprint density at radius 1 is 1.12 bits per heavy atom. The average Bonchev–Trinajstić information content (AvgIpc) is 2.76. The van der Waals surface area contributed by atoms with Gasteiger partial charge in [-0.1, -0.05) is 24.3 Å². The van der Waals surface area contributed by atoms with E-state index in [-0.39, 0.29) is 29.5 Å². The van der Waals surface area contributed by atoms with Gasteiger partial charge in [0, 0.05) is 18.9 Å². The molecule has 2 aromatic rings. The molecule has 1 N–H and O–H groups in total. The van der Waals surface area contributed by atoms with Crippen LogP contribution in [0.2, 0.25) is 0 Å². The summed E-state index contributed by atoms with van der Waals surface area (Å²) in [6.07, 6.45) is 1.88. The normalized spacial score (nSPS) is 18.1. The Bertz CT molecular complexity index is 1060. The number of alkyl halides is 3. The first-order valence-corrected chi connectivity index (χ1v) is 11.2. The van der Waals surface area contributed by atoms with E-state index < -0.39 is 23.8 Å². The molecule has 0 saturated heterocycles. The number of phenols is 1. The van der Waals surface area contributed by atoms with E-state index in [2.05, 4.69) is 0 Å². The lowest BCUT2D eigenvalue weighted by Crippen LogP contribution is -2.17. The summed E-state index contributed by atoms with van der Waals surface area (Å²) in [6, 6.07) is 7.56. The van der Waals surface area contributed by atoms with Gasteiger partial charge in [-0.2, -0.15) is 13.2 Å². The van der Waals surface area contributed by atoms with Crippen LogP contribution in [0, 0.1) is 0 Å². The Morgan fingerprint density at radius 2 is 1.88 bits per heavy atom. The molecule has 0 saturated carbocycles. The van der Waals surface area contributed by atoms with E-state index in [0.717, 1.165) is 12.1 Å².